The van der Waals surface area contributed by atoms with Crippen molar-refractivity contribution in [3.05, 3.63) is 45.9 Å². The Labute approximate surface area is 131 Å². The van der Waals surface area contributed by atoms with Gasteiger partial charge >= 0.3 is 0 Å². The molecule has 114 valence electrons. The first kappa shape index (κ1) is 16.0. The maximum Gasteiger partial charge on any atom is 0.107 e. The van der Waals surface area contributed by atoms with Crippen molar-refractivity contribution >= 4 is 17.0 Å². The first-order valence-corrected chi connectivity index (χ1v) is 8.28. The Bertz CT molecular complexity index is 584. The van der Waals surface area contributed by atoms with Crippen molar-refractivity contribution in [3.8, 4) is 0 Å². The molecule has 21 heavy (non-hydrogen) atoms. The van der Waals surface area contributed by atoms with Gasteiger partial charge in [0.15, 0.2) is 0 Å². The first-order valence-electron chi connectivity index (χ1n) is 7.40. The molecule has 0 aliphatic heterocycles. The van der Waals surface area contributed by atoms with Crippen molar-refractivity contribution in [2.45, 2.75) is 46.2 Å². The van der Waals surface area contributed by atoms with E-state index in [2.05, 4.69) is 44.0 Å². The predicted molar refractivity (Wildman–Crippen MR) is 91.5 cm³/mol. The van der Waals surface area contributed by atoms with Crippen molar-refractivity contribution in [2.75, 3.05) is 12.3 Å². The van der Waals surface area contributed by atoms with Gasteiger partial charge < -0.3 is 5.73 Å². The number of nitrogens with zero attached hydrogens (tertiary/aromatic N) is 2. The third-order valence-corrected chi connectivity index (χ3v) is 4.32. The molecule has 0 saturated carbocycles. The van der Waals surface area contributed by atoms with E-state index in [1.165, 1.54) is 16.3 Å². The predicted octanol–water partition coefficient (Wildman–Crippen LogP) is 4.04. The number of anilines is 1. The molecule has 0 aliphatic carbocycles. The number of nitrogens with two attached hydrogens (primary N) is 1. The summed E-state index contributed by atoms with van der Waals surface area (Å²) in [6, 6.07) is 8.11. The zero-order chi connectivity index (χ0) is 15.5. The van der Waals surface area contributed by atoms with Crippen LogP contribution in [0.25, 0.3) is 0 Å². The molecule has 0 amide bonds. The largest absolute Gasteiger partial charge is 0.399 e. The SMILES string of the molecule is CCN(Cc1cccc(N)c1)Cc1nc(C(C)(C)C)cs1. The van der Waals surface area contributed by atoms with Gasteiger partial charge in [0.05, 0.1) is 12.2 Å². The third kappa shape index (κ3) is 4.55. The van der Waals surface area contributed by atoms with Crippen molar-refractivity contribution in [1.29, 1.82) is 0 Å². The van der Waals surface area contributed by atoms with Gasteiger partial charge in [-0.1, -0.05) is 39.8 Å². The fraction of sp³-hybridized carbons (Fsp3) is 0.471. The Morgan fingerprint density at radius 2 is 2.00 bits per heavy atom. The topological polar surface area (TPSA) is 42.1 Å². The van der Waals surface area contributed by atoms with Gasteiger partial charge in [-0.3, -0.25) is 4.90 Å². The molecular weight excluding hydrogens is 278 g/mol. The van der Waals surface area contributed by atoms with Crippen LogP contribution in [0.15, 0.2) is 29.6 Å². The Morgan fingerprint density at radius 3 is 2.57 bits per heavy atom. The molecule has 1 aromatic heterocycles. The van der Waals surface area contributed by atoms with Crippen LogP contribution in [-0.4, -0.2) is 16.4 Å². The molecule has 0 bridgehead atoms. The Morgan fingerprint density at radius 1 is 1.24 bits per heavy atom. The minimum Gasteiger partial charge on any atom is -0.399 e. The number of hydrogen-bond donors (Lipinski definition) is 1. The van der Waals surface area contributed by atoms with Crippen LogP contribution in [0, 0.1) is 0 Å². The summed E-state index contributed by atoms with van der Waals surface area (Å²) >= 11 is 1.76. The molecule has 2 rings (SSSR count). The number of rotatable bonds is 5. The number of hydrogen-bond acceptors (Lipinski definition) is 4. The van der Waals surface area contributed by atoms with E-state index in [1.807, 2.05) is 18.2 Å². The second-order valence-electron chi connectivity index (χ2n) is 6.42. The lowest BCUT2D eigenvalue weighted by atomic mass is 9.93. The fourth-order valence-electron chi connectivity index (χ4n) is 2.15. The van der Waals surface area contributed by atoms with Gasteiger partial charge in [-0.25, -0.2) is 4.98 Å². The van der Waals surface area contributed by atoms with E-state index in [1.54, 1.807) is 11.3 Å². The molecule has 0 aliphatic rings. The van der Waals surface area contributed by atoms with Crippen molar-refractivity contribution in [2.24, 2.45) is 0 Å². The van der Waals surface area contributed by atoms with Crippen LogP contribution in [0.3, 0.4) is 0 Å². The summed E-state index contributed by atoms with van der Waals surface area (Å²) in [4.78, 5) is 7.17. The van der Waals surface area contributed by atoms with E-state index >= 15 is 0 Å². The summed E-state index contributed by atoms with van der Waals surface area (Å²) in [7, 11) is 0. The minimum absolute atomic E-state index is 0.125. The average molecular weight is 303 g/mol. The Hall–Kier alpha value is -1.39. The number of nitrogen functional groups attached to an aromatic ring is 1. The van der Waals surface area contributed by atoms with E-state index in [-0.39, 0.29) is 5.41 Å². The summed E-state index contributed by atoms with van der Waals surface area (Å²) in [5.41, 5.74) is 9.24. The summed E-state index contributed by atoms with van der Waals surface area (Å²) in [5, 5.41) is 3.37. The van der Waals surface area contributed by atoms with E-state index in [0.29, 0.717) is 0 Å². The molecule has 0 spiro atoms. The molecule has 4 heteroatoms. The Balaban J connectivity index is 2.04. The minimum atomic E-state index is 0.125. The zero-order valence-electron chi connectivity index (χ0n) is 13.4. The molecule has 2 aromatic rings. The maximum absolute atomic E-state index is 5.85. The molecule has 0 unspecified atom stereocenters. The third-order valence-electron chi connectivity index (χ3n) is 3.48. The van der Waals surface area contributed by atoms with Gasteiger partial charge in [0.25, 0.3) is 0 Å². The van der Waals surface area contributed by atoms with Crippen LogP contribution in [0.2, 0.25) is 0 Å². The maximum atomic E-state index is 5.85. The summed E-state index contributed by atoms with van der Waals surface area (Å²) in [5.74, 6) is 0. The second kappa shape index (κ2) is 6.58. The number of benzene rings is 1. The van der Waals surface area contributed by atoms with Gasteiger partial charge in [0.2, 0.25) is 0 Å². The molecule has 1 heterocycles. The second-order valence-corrected chi connectivity index (χ2v) is 7.37. The van der Waals surface area contributed by atoms with Gasteiger partial charge in [-0.2, -0.15) is 0 Å². The van der Waals surface area contributed by atoms with E-state index in [9.17, 15) is 0 Å². The molecule has 0 radical (unpaired) electrons. The molecular formula is C17H25N3S. The summed E-state index contributed by atoms with van der Waals surface area (Å²) < 4.78 is 0. The molecule has 1 aromatic carbocycles. The molecule has 0 saturated heterocycles. The number of aromatic nitrogens is 1. The monoisotopic (exact) mass is 303 g/mol. The quantitative estimate of drug-likeness (QED) is 0.847. The van der Waals surface area contributed by atoms with Gasteiger partial charge in [0, 0.05) is 23.0 Å². The first-order chi connectivity index (χ1) is 9.88. The summed E-state index contributed by atoms with van der Waals surface area (Å²) in [6.45, 7) is 11.6. The van der Waals surface area contributed by atoms with Crippen LogP contribution in [0.4, 0.5) is 5.69 Å². The molecule has 0 fully saturated rings. The standard InChI is InChI=1S/C17H25N3S/c1-5-20(10-13-7-6-8-14(18)9-13)11-16-19-15(12-21-16)17(2,3)4/h6-9,12H,5,10-11,18H2,1-4H3. The van der Waals surface area contributed by atoms with Crippen LogP contribution in [-0.2, 0) is 18.5 Å². The fourth-order valence-corrected chi connectivity index (χ4v) is 3.21. The van der Waals surface area contributed by atoms with E-state index in [0.717, 1.165) is 25.3 Å². The van der Waals surface area contributed by atoms with Crippen LogP contribution in [0.1, 0.15) is 44.0 Å². The average Bonchev–Trinajstić information content (AvgIpc) is 2.86. The smallest absolute Gasteiger partial charge is 0.107 e. The normalized spacial score (nSPS) is 12.0. The molecule has 3 nitrogen and oxygen atoms in total. The Kier molecular flexibility index (Phi) is 5.01. The highest BCUT2D eigenvalue weighted by Gasteiger charge is 2.18. The highest BCUT2D eigenvalue weighted by atomic mass is 32.1. The highest BCUT2D eigenvalue weighted by molar-refractivity contribution is 7.09. The lowest BCUT2D eigenvalue weighted by molar-refractivity contribution is 0.270. The lowest BCUT2D eigenvalue weighted by Crippen LogP contribution is -2.22. The van der Waals surface area contributed by atoms with Gasteiger partial charge in [0.1, 0.15) is 5.01 Å². The van der Waals surface area contributed by atoms with E-state index in [4.69, 9.17) is 10.7 Å². The van der Waals surface area contributed by atoms with Crippen molar-refractivity contribution in [3.63, 3.8) is 0 Å². The zero-order valence-corrected chi connectivity index (χ0v) is 14.2. The van der Waals surface area contributed by atoms with Gasteiger partial charge in [-0.15, -0.1) is 11.3 Å². The van der Waals surface area contributed by atoms with Crippen LogP contribution >= 0.6 is 11.3 Å². The highest BCUT2D eigenvalue weighted by Crippen LogP contribution is 2.24. The van der Waals surface area contributed by atoms with Crippen molar-refractivity contribution < 1.29 is 0 Å². The molecule has 0 atom stereocenters. The molecule has 2 N–H and O–H groups in total. The van der Waals surface area contributed by atoms with Crippen molar-refractivity contribution in [1.82, 2.24) is 9.88 Å². The van der Waals surface area contributed by atoms with Crippen LogP contribution in [0.5, 0.6) is 0 Å². The van der Waals surface area contributed by atoms with Crippen LogP contribution < -0.4 is 5.73 Å². The van der Waals surface area contributed by atoms with E-state index < -0.39 is 0 Å². The number of thiazole rings is 1. The van der Waals surface area contributed by atoms with Gasteiger partial charge in [-0.05, 0) is 24.2 Å². The summed E-state index contributed by atoms with van der Waals surface area (Å²) in [6.07, 6.45) is 0. The lowest BCUT2D eigenvalue weighted by Gasteiger charge is -2.19.